The van der Waals surface area contributed by atoms with E-state index >= 15 is 0 Å². The van der Waals surface area contributed by atoms with Crippen molar-refractivity contribution < 1.29 is 23.4 Å². The van der Waals surface area contributed by atoms with Gasteiger partial charge < -0.3 is 15.2 Å². The minimum absolute atomic E-state index is 0.0653. The van der Waals surface area contributed by atoms with Crippen LogP contribution in [0.4, 0.5) is 8.78 Å². The third-order valence-corrected chi connectivity index (χ3v) is 2.03. The predicted octanol–water partition coefficient (Wildman–Crippen LogP) is -0.301. The molecule has 0 atom stereocenters. The molecule has 0 fully saturated rings. The van der Waals surface area contributed by atoms with Crippen molar-refractivity contribution in [1.82, 2.24) is 10.2 Å². The molecule has 7 heteroatoms. The Morgan fingerprint density at radius 1 is 1.53 bits per heavy atom. The Labute approximate surface area is 99.7 Å². The molecule has 0 saturated heterocycles. The summed E-state index contributed by atoms with van der Waals surface area (Å²) >= 11 is 0. The molecule has 0 spiro atoms. The van der Waals surface area contributed by atoms with Gasteiger partial charge in [-0.1, -0.05) is 0 Å². The number of ether oxygens (including phenoxy) is 1. The first kappa shape index (κ1) is 16.2. The van der Waals surface area contributed by atoms with E-state index in [4.69, 9.17) is 9.84 Å². The third-order valence-electron chi connectivity index (χ3n) is 2.03. The summed E-state index contributed by atoms with van der Waals surface area (Å²) in [5.41, 5.74) is 0. The Hall–Kier alpha value is -0.790. The van der Waals surface area contributed by atoms with Crippen molar-refractivity contribution in [3.63, 3.8) is 0 Å². The molecule has 2 N–H and O–H groups in total. The van der Waals surface area contributed by atoms with Crippen molar-refractivity contribution in [3.05, 3.63) is 0 Å². The molecule has 0 aromatic carbocycles. The van der Waals surface area contributed by atoms with E-state index in [2.05, 4.69) is 5.32 Å². The van der Waals surface area contributed by atoms with Crippen LogP contribution >= 0.6 is 0 Å². The lowest BCUT2D eigenvalue weighted by Crippen LogP contribution is -2.41. The fourth-order valence-corrected chi connectivity index (χ4v) is 1.27. The topological polar surface area (TPSA) is 61.8 Å². The van der Waals surface area contributed by atoms with Crippen molar-refractivity contribution in [2.75, 3.05) is 46.5 Å². The lowest BCUT2D eigenvalue weighted by atomic mass is 10.4. The number of halogens is 2. The summed E-state index contributed by atoms with van der Waals surface area (Å²) < 4.78 is 29.1. The highest BCUT2D eigenvalue weighted by Gasteiger charge is 2.14. The predicted molar refractivity (Wildman–Crippen MR) is 59.0 cm³/mol. The molecule has 0 unspecified atom stereocenters. The van der Waals surface area contributed by atoms with Crippen LogP contribution in [0.25, 0.3) is 0 Å². The molecular formula is C10H20F2N2O3. The number of carbonyl (C=O) groups excluding carboxylic acids is 1. The summed E-state index contributed by atoms with van der Waals surface area (Å²) in [6.45, 7) is 0.176. The molecule has 0 heterocycles. The molecule has 0 aromatic rings. The highest BCUT2D eigenvalue weighted by Crippen LogP contribution is 1.97. The Kier molecular flexibility index (Phi) is 9.89. The molecule has 0 bridgehead atoms. The molecule has 0 radical (unpaired) electrons. The number of carbonyl (C=O) groups is 1. The zero-order valence-electron chi connectivity index (χ0n) is 9.99. The second-order valence-electron chi connectivity index (χ2n) is 3.55. The quantitative estimate of drug-likeness (QED) is 0.525. The first-order chi connectivity index (χ1) is 8.10. The van der Waals surface area contributed by atoms with E-state index in [1.54, 1.807) is 7.11 Å². The second-order valence-corrected chi connectivity index (χ2v) is 3.55. The van der Waals surface area contributed by atoms with Crippen LogP contribution in [-0.2, 0) is 9.53 Å². The van der Waals surface area contributed by atoms with Crippen LogP contribution < -0.4 is 5.32 Å². The number of rotatable bonds is 10. The van der Waals surface area contributed by atoms with E-state index in [0.29, 0.717) is 19.6 Å². The summed E-state index contributed by atoms with van der Waals surface area (Å²) in [6.07, 6.45) is -1.83. The number of alkyl halides is 2. The summed E-state index contributed by atoms with van der Waals surface area (Å²) in [5.74, 6) is -0.324. The number of amides is 1. The number of nitrogens with one attached hydrogen (secondary N) is 1. The monoisotopic (exact) mass is 254 g/mol. The van der Waals surface area contributed by atoms with Crippen molar-refractivity contribution in [2.24, 2.45) is 0 Å². The van der Waals surface area contributed by atoms with Gasteiger partial charge in [-0.15, -0.1) is 0 Å². The average Bonchev–Trinajstić information content (AvgIpc) is 2.24. The zero-order valence-corrected chi connectivity index (χ0v) is 9.99. The van der Waals surface area contributed by atoms with E-state index in [1.807, 2.05) is 0 Å². The highest BCUT2D eigenvalue weighted by atomic mass is 19.3. The molecule has 0 aliphatic carbocycles. The number of aliphatic hydroxyl groups excluding tert-OH is 1. The van der Waals surface area contributed by atoms with Crippen molar-refractivity contribution in [3.8, 4) is 0 Å². The van der Waals surface area contributed by atoms with Crippen molar-refractivity contribution >= 4 is 5.91 Å². The van der Waals surface area contributed by atoms with Gasteiger partial charge in [0, 0.05) is 26.8 Å². The number of hydrogen-bond donors (Lipinski definition) is 2. The van der Waals surface area contributed by atoms with Crippen LogP contribution in [0.2, 0.25) is 0 Å². The average molecular weight is 254 g/mol. The molecule has 0 saturated carbocycles. The highest BCUT2D eigenvalue weighted by molar-refractivity contribution is 5.77. The Balaban J connectivity index is 3.78. The van der Waals surface area contributed by atoms with Gasteiger partial charge in [0.25, 0.3) is 6.43 Å². The maximum absolute atomic E-state index is 12.1. The maximum atomic E-state index is 12.1. The van der Waals surface area contributed by atoms with Crippen LogP contribution in [0.5, 0.6) is 0 Å². The molecule has 102 valence electrons. The second kappa shape index (κ2) is 10.4. The standard InChI is InChI=1S/C10H20F2N2O3/c1-17-6-2-3-13-10(16)8-14(4-5-15)7-9(11)12/h9,15H,2-8H2,1H3,(H,13,16). The smallest absolute Gasteiger partial charge is 0.251 e. The van der Waals surface area contributed by atoms with Gasteiger partial charge in [0.15, 0.2) is 0 Å². The number of nitrogens with zero attached hydrogens (tertiary/aromatic N) is 1. The van der Waals surface area contributed by atoms with Crippen molar-refractivity contribution in [2.45, 2.75) is 12.8 Å². The molecule has 0 aliphatic rings. The summed E-state index contributed by atoms with van der Waals surface area (Å²) in [4.78, 5) is 12.6. The zero-order chi connectivity index (χ0) is 13.1. The number of methoxy groups -OCH3 is 1. The van der Waals surface area contributed by atoms with Gasteiger partial charge in [0.2, 0.25) is 5.91 Å². The maximum Gasteiger partial charge on any atom is 0.251 e. The molecule has 0 rings (SSSR count). The van der Waals surface area contributed by atoms with Gasteiger partial charge in [-0.25, -0.2) is 8.78 Å². The van der Waals surface area contributed by atoms with Gasteiger partial charge in [-0.2, -0.15) is 0 Å². The van der Waals surface area contributed by atoms with Gasteiger partial charge in [0.1, 0.15) is 0 Å². The summed E-state index contributed by atoms with van der Waals surface area (Å²) in [5, 5.41) is 11.3. The van der Waals surface area contributed by atoms with Crippen LogP contribution in [0.3, 0.4) is 0 Å². The first-order valence-electron chi connectivity index (χ1n) is 5.47. The third kappa shape index (κ3) is 10.1. The number of hydrogen-bond acceptors (Lipinski definition) is 4. The molecular weight excluding hydrogens is 234 g/mol. The Morgan fingerprint density at radius 2 is 2.24 bits per heavy atom. The van der Waals surface area contributed by atoms with E-state index in [9.17, 15) is 13.6 Å². The van der Waals surface area contributed by atoms with E-state index in [-0.39, 0.29) is 25.6 Å². The van der Waals surface area contributed by atoms with Crippen molar-refractivity contribution in [1.29, 1.82) is 0 Å². The van der Waals surface area contributed by atoms with E-state index in [1.165, 1.54) is 4.90 Å². The Bertz CT molecular complexity index is 206. The van der Waals surface area contributed by atoms with Crippen LogP contribution in [0, 0.1) is 0 Å². The molecule has 0 aromatic heterocycles. The van der Waals surface area contributed by atoms with Gasteiger partial charge in [-0.3, -0.25) is 9.69 Å². The minimum atomic E-state index is -2.51. The van der Waals surface area contributed by atoms with Crippen LogP contribution in [0.1, 0.15) is 6.42 Å². The fraction of sp³-hybridized carbons (Fsp3) is 0.900. The van der Waals surface area contributed by atoms with Gasteiger partial charge in [0.05, 0.1) is 19.7 Å². The summed E-state index contributed by atoms with van der Waals surface area (Å²) in [6, 6.07) is 0. The van der Waals surface area contributed by atoms with Crippen LogP contribution in [0.15, 0.2) is 0 Å². The molecule has 17 heavy (non-hydrogen) atoms. The molecule has 5 nitrogen and oxygen atoms in total. The SMILES string of the molecule is COCCCNC(=O)CN(CCO)CC(F)F. The first-order valence-corrected chi connectivity index (χ1v) is 5.47. The minimum Gasteiger partial charge on any atom is -0.395 e. The van der Waals surface area contributed by atoms with E-state index < -0.39 is 13.0 Å². The lowest BCUT2D eigenvalue weighted by molar-refractivity contribution is -0.122. The van der Waals surface area contributed by atoms with Crippen LogP contribution in [-0.4, -0.2) is 68.8 Å². The van der Waals surface area contributed by atoms with E-state index in [0.717, 1.165) is 0 Å². The number of aliphatic hydroxyl groups is 1. The Morgan fingerprint density at radius 3 is 2.76 bits per heavy atom. The van der Waals surface area contributed by atoms with Gasteiger partial charge in [-0.05, 0) is 6.42 Å². The molecule has 0 aliphatic heterocycles. The lowest BCUT2D eigenvalue weighted by Gasteiger charge is -2.19. The summed E-state index contributed by atoms with van der Waals surface area (Å²) in [7, 11) is 1.56. The fourth-order valence-electron chi connectivity index (χ4n) is 1.27. The largest absolute Gasteiger partial charge is 0.395 e. The molecule has 1 amide bonds. The normalized spacial score (nSPS) is 11.2. The van der Waals surface area contributed by atoms with Gasteiger partial charge >= 0.3 is 0 Å².